The second kappa shape index (κ2) is 20.0. The molecule has 0 aliphatic heterocycles. The zero-order valence-corrected chi connectivity index (χ0v) is 21.3. The summed E-state index contributed by atoms with van der Waals surface area (Å²) in [6.07, 6.45) is 16.3. The third-order valence-electron chi connectivity index (χ3n) is 5.17. The van der Waals surface area contributed by atoms with E-state index >= 15 is 0 Å². The van der Waals surface area contributed by atoms with Gasteiger partial charge in [0.05, 0.1) is 18.6 Å². The number of methoxy groups -OCH3 is 1. The van der Waals surface area contributed by atoms with Crippen molar-refractivity contribution in [3.05, 3.63) is 24.3 Å². The van der Waals surface area contributed by atoms with Crippen LogP contribution >= 0.6 is 0 Å². The van der Waals surface area contributed by atoms with E-state index in [0.29, 0.717) is 18.8 Å². The first-order valence-electron chi connectivity index (χ1n) is 12.3. The van der Waals surface area contributed by atoms with Gasteiger partial charge in [0.25, 0.3) is 0 Å². The molecule has 0 aromatic heterocycles. The van der Waals surface area contributed by atoms with Crippen LogP contribution in [0.15, 0.2) is 29.2 Å². The van der Waals surface area contributed by atoms with E-state index in [1.807, 2.05) is 13.8 Å². The average molecular weight is 472 g/mol. The third kappa shape index (κ3) is 17.0. The quantitative estimate of drug-likeness (QED) is 0.198. The molecule has 0 radical (unpaired) electrons. The van der Waals surface area contributed by atoms with Crippen LogP contribution in [0.4, 0.5) is 0 Å². The van der Waals surface area contributed by atoms with E-state index in [9.17, 15) is 13.2 Å². The van der Waals surface area contributed by atoms with Crippen molar-refractivity contribution in [2.24, 2.45) is 5.14 Å². The van der Waals surface area contributed by atoms with Crippen molar-refractivity contribution in [3.63, 3.8) is 0 Å². The molecule has 0 saturated heterocycles. The predicted molar refractivity (Wildman–Crippen MR) is 131 cm³/mol. The van der Waals surface area contributed by atoms with Gasteiger partial charge in [-0.1, -0.05) is 84.5 Å². The Balaban J connectivity index is 0.00000466. The minimum atomic E-state index is -3.64. The van der Waals surface area contributed by atoms with Crippen LogP contribution in [0.2, 0.25) is 0 Å². The second-order valence-electron chi connectivity index (χ2n) is 7.79. The van der Waals surface area contributed by atoms with Crippen molar-refractivity contribution < 1.29 is 22.7 Å². The fourth-order valence-electron chi connectivity index (χ4n) is 3.33. The molecule has 0 saturated carbocycles. The van der Waals surface area contributed by atoms with Gasteiger partial charge in [-0.2, -0.15) is 0 Å². The summed E-state index contributed by atoms with van der Waals surface area (Å²) in [6.45, 7) is 4.65. The number of carbonyl (C=O) groups is 1. The van der Waals surface area contributed by atoms with E-state index in [0.717, 1.165) is 25.7 Å². The molecule has 1 aromatic carbocycles. The molecule has 0 heterocycles. The van der Waals surface area contributed by atoms with Gasteiger partial charge in [0.15, 0.2) is 0 Å². The molecule has 6 nitrogen and oxygen atoms in total. The molecule has 1 rings (SSSR count). The lowest BCUT2D eigenvalue weighted by molar-refractivity contribution is -0.140. The molecule has 0 amide bonds. The van der Waals surface area contributed by atoms with Crippen LogP contribution in [0.5, 0.6) is 5.75 Å². The Bertz CT molecular complexity index is 674. The van der Waals surface area contributed by atoms with Crippen molar-refractivity contribution in [2.75, 3.05) is 13.7 Å². The predicted octanol–water partition coefficient (Wildman–Crippen LogP) is 6.37. The Morgan fingerprint density at radius 2 is 1.16 bits per heavy atom. The lowest BCUT2D eigenvalue weighted by Crippen LogP contribution is -2.11. The first-order chi connectivity index (χ1) is 15.4. The number of nitrogens with two attached hydrogens (primary N) is 1. The number of hydrogen-bond acceptors (Lipinski definition) is 5. The molecule has 0 aliphatic carbocycles. The third-order valence-corrected chi connectivity index (χ3v) is 6.10. The van der Waals surface area contributed by atoms with Crippen LogP contribution < -0.4 is 9.88 Å². The molecule has 2 N–H and O–H groups in total. The molecule has 0 aliphatic rings. The molecule has 186 valence electrons. The van der Waals surface area contributed by atoms with Crippen molar-refractivity contribution in [1.29, 1.82) is 0 Å². The fraction of sp³-hybridized carbons (Fsp3) is 0.720. The molecule has 1 aromatic rings. The highest BCUT2D eigenvalue weighted by Gasteiger charge is 2.06. The number of sulfonamides is 1. The summed E-state index contributed by atoms with van der Waals surface area (Å²) in [5.74, 6) is 0.575. The maximum Gasteiger partial charge on any atom is 0.305 e. The van der Waals surface area contributed by atoms with Gasteiger partial charge in [0.1, 0.15) is 5.75 Å². The number of primary sulfonamides is 1. The standard InChI is InChI=1S/C23H39NO5S.C2H6/c1-28-23(25)15-13-11-9-7-5-3-2-4-6-8-10-12-14-20-29-21-16-18-22(19-17-21)30(24,26)27;1-2/h16-19H,2-15,20H2,1H3,(H2,24,26,27);1-2H3. The molecule has 0 unspecified atom stereocenters. The normalized spacial score (nSPS) is 10.9. The Kier molecular flexibility index (Phi) is 19.0. The van der Waals surface area contributed by atoms with Crippen LogP contribution in [-0.4, -0.2) is 28.1 Å². The van der Waals surface area contributed by atoms with Gasteiger partial charge in [-0.15, -0.1) is 0 Å². The van der Waals surface area contributed by atoms with Crippen molar-refractivity contribution in [3.8, 4) is 5.75 Å². The maximum atomic E-state index is 11.2. The summed E-state index contributed by atoms with van der Waals surface area (Å²) in [7, 11) is -2.20. The molecule has 0 bridgehead atoms. The largest absolute Gasteiger partial charge is 0.494 e. The second-order valence-corrected chi connectivity index (χ2v) is 9.35. The summed E-state index contributed by atoms with van der Waals surface area (Å²) in [5, 5.41) is 5.07. The Hall–Kier alpha value is -1.60. The van der Waals surface area contributed by atoms with E-state index < -0.39 is 10.0 Å². The van der Waals surface area contributed by atoms with Gasteiger partial charge >= 0.3 is 5.97 Å². The Morgan fingerprint density at radius 1 is 0.750 bits per heavy atom. The number of hydrogen-bond donors (Lipinski definition) is 1. The summed E-state index contributed by atoms with van der Waals surface area (Å²) >= 11 is 0. The van der Waals surface area contributed by atoms with Crippen LogP contribution in [0.1, 0.15) is 104 Å². The number of benzene rings is 1. The molecular formula is C25H45NO5S. The monoisotopic (exact) mass is 471 g/mol. The summed E-state index contributed by atoms with van der Waals surface area (Å²) < 4.78 is 32.7. The Morgan fingerprint density at radius 3 is 1.56 bits per heavy atom. The molecular weight excluding hydrogens is 426 g/mol. The highest BCUT2D eigenvalue weighted by molar-refractivity contribution is 7.89. The average Bonchev–Trinajstić information content (AvgIpc) is 2.79. The van der Waals surface area contributed by atoms with Gasteiger partial charge in [0.2, 0.25) is 10.0 Å². The van der Waals surface area contributed by atoms with Gasteiger partial charge in [-0.05, 0) is 37.1 Å². The summed E-state index contributed by atoms with van der Waals surface area (Å²) in [4.78, 5) is 11.1. The molecule has 0 atom stereocenters. The van der Waals surface area contributed by atoms with Crippen LogP contribution in [0.25, 0.3) is 0 Å². The van der Waals surface area contributed by atoms with Crippen LogP contribution in [0.3, 0.4) is 0 Å². The first-order valence-corrected chi connectivity index (χ1v) is 13.8. The van der Waals surface area contributed by atoms with Crippen LogP contribution in [0, 0.1) is 0 Å². The van der Waals surface area contributed by atoms with Gasteiger partial charge in [-0.25, -0.2) is 13.6 Å². The minimum absolute atomic E-state index is 0.0975. The minimum Gasteiger partial charge on any atom is -0.494 e. The van der Waals surface area contributed by atoms with E-state index in [-0.39, 0.29) is 10.9 Å². The lowest BCUT2D eigenvalue weighted by atomic mass is 10.0. The highest BCUT2D eigenvalue weighted by atomic mass is 32.2. The number of ether oxygens (including phenoxy) is 2. The Labute approximate surface area is 196 Å². The van der Waals surface area contributed by atoms with Crippen LogP contribution in [-0.2, 0) is 19.6 Å². The van der Waals surface area contributed by atoms with Crippen molar-refractivity contribution >= 4 is 16.0 Å². The van der Waals surface area contributed by atoms with Gasteiger partial charge in [0, 0.05) is 6.42 Å². The fourth-order valence-corrected chi connectivity index (χ4v) is 3.85. The van der Waals surface area contributed by atoms with E-state index in [1.165, 1.54) is 77.0 Å². The summed E-state index contributed by atoms with van der Waals surface area (Å²) in [6, 6.07) is 6.22. The molecule has 0 fully saturated rings. The van der Waals surface area contributed by atoms with E-state index in [2.05, 4.69) is 4.74 Å². The molecule has 0 spiro atoms. The maximum absolute atomic E-state index is 11.2. The number of carbonyl (C=O) groups excluding carboxylic acids is 1. The number of esters is 1. The van der Waals surface area contributed by atoms with E-state index in [1.54, 1.807) is 12.1 Å². The van der Waals surface area contributed by atoms with Gasteiger partial charge in [-0.3, -0.25) is 4.79 Å². The molecule has 32 heavy (non-hydrogen) atoms. The van der Waals surface area contributed by atoms with Crippen molar-refractivity contribution in [1.82, 2.24) is 0 Å². The number of unbranched alkanes of at least 4 members (excludes halogenated alkanes) is 12. The summed E-state index contributed by atoms with van der Waals surface area (Å²) in [5.41, 5.74) is 0. The van der Waals surface area contributed by atoms with E-state index in [4.69, 9.17) is 9.88 Å². The zero-order chi connectivity index (χ0) is 24.1. The smallest absolute Gasteiger partial charge is 0.305 e. The molecule has 7 heteroatoms. The van der Waals surface area contributed by atoms with Gasteiger partial charge < -0.3 is 9.47 Å². The SMILES string of the molecule is CC.COC(=O)CCCCCCCCCCCCCCCOc1ccc(S(N)(=O)=O)cc1. The lowest BCUT2D eigenvalue weighted by Gasteiger charge is -2.07. The number of rotatable bonds is 18. The topological polar surface area (TPSA) is 95.7 Å². The first kappa shape index (κ1) is 30.4. The zero-order valence-electron chi connectivity index (χ0n) is 20.4. The highest BCUT2D eigenvalue weighted by Crippen LogP contribution is 2.16. The van der Waals surface area contributed by atoms with Crippen molar-refractivity contribution in [2.45, 2.75) is 109 Å².